The molecule has 0 radical (unpaired) electrons. The Kier molecular flexibility index (Phi) is 5.91. The lowest BCUT2D eigenvalue weighted by atomic mass is 10.3. The molecule has 1 N–H and O–H groups in total. The lowest BCUT2D eigenvalue weighted by Crippen LogP contribution is -2.53. The van der Waals surface area contributed by atoms with Crippen LogP contribution in [0.3, 0.4) is 0 Å². The molecular weight excluding hydrogens is 232 g/mol. The molecule has 1 fully saturated rings. The Morgan fingerprint density at radius 2 is 1.67 bits per heavy atom. The maximum Gasteiger partial charge on any atom is 0.319 e. The van der Waals surface area contributed by atoms with Crippen LogP contribution in [0.4, 0.5) is 4.79 Å². The van der Waals surface area contributed by atoms with Gasteiger partial charge < -0.3 is 20.0 Å². The molecule has 18 heavy (non-hydrogen) atoms. The Bertz CT molecular complexity index is 286. The van der Waals surface area contributed by atoms with E-state index in [-0.39, 0.29) is 11.9 Å². The van der Waals surface area contributed by atoms with Crippen LogP contribution in [0.1, 0.15) is 13.3 Å². The molecule has 0 bridgehead atoms. The van der Waals surface area contributed by atoms with Crippen molar-refractivity contribution in [2.45, 2.75) is 13.3 Å². The van der Waals surface area contributed by atoms with Crippen molar-refractivity contribution in [2.75, 3.05) is 53.4 Å². The summed E-state index contributed by atoms with van der Waals surface area (Å²) in [5.41, 5.74) is 0. The van der Waals surface area contributed by atoms with Gasteiger partial charge in [-0.3, -0.25) is 4.79 Å². The monoisotopic (exact) mass is 256 g/mol. The molecule has 6 heteroatoms. The lowest BCUT2D eigenvalue weighted by Gasteiger charge is -2.36. The molecule has 0 atom stereocenters. The first-order valence-electron chi connectivity index (χ1n) is 6.51. The Morgan fingerprint density at radius 1 is 1.11 bits per heavy atom. The van der Waals surface area contributed by atoms with E-state index in [4.69, 9.17) is 0 Å². The van der Waals surface area contributed by atoms with Crippen molar-refractivity contribution >= 4 is 11.9 Å². The third kappa shape index (κ3) is 4.18. The Labute approximate surface area is 109 Å². The van der Waals surface area contributed by atoms with Crippen molar-refractivity contribution in [3.05, 3.63) is 0 Å². The van der Waals surface area contributed by atoms with Gasteiger partial charge in [-0.15, -0.1) is 0 Å². The number of carbonyl (C=O) groups is 2. The summed E-state index contributed by atoms with van der Waals surface area (Å²) in [6, 6.07) is 0.0229. The number of carbonyl (C=O) groups excluding carboxylic acids is 2. The summed E-state index contributed by atoms with van der Waals surface area (Å²) in [5, 5.41) is 3.14. The number of urea groups is 1. The predicted molar refractivity (Wildman–Crippen MR) is 70.4 cm³/mol. The van der Waals surface area contributed by atoms with Gasteiger partial charge in [0.15, 0.2) is 0 Å². The van der Waals surface area contributed by atoms with Gasteiger partial charge in [0.1, 0.15) is 0 Å². The van der Waals surface area contributed by atoms with Gasteiger partial charge >= 0.3 is 6.03 Å². The molecule has 0 aromatic carbocycles. The summed E-state index contributed by atoms with van der Waals surface area (Å²) in [6.07, 6.45) is 0.537. The number of piperazine rings is 1. The van der Waals surface area contributed by atoms with Gasteiger partial charge in [0, 0.05) is 53.2 Å². The first-order valence-corrected chi connectivity index (χ1v) is 6.51. The second kappa shape index (κ2) is 7.20. The number of rotatable bonds is 4. The van der Waals surface area contributed by atoms with Crippen molar-refractivity contribution < 1.29 is 9.59 Å². The molecule has 0 aromatic rings. The molecule has 0 aliphatic carbocycles. The molecule has 0 unspecified atom stereocenters. The van der Waals surface area contributed by atoms with Gasteiger partial charge in [-0.05, 0) is 6.54 Å². The maximum atomic E-state index is 11.9. The fourth-order valence-electron chi connectivity index (χ4n) is 1.96. The molecule has 3 amide bonds. The topological polar surface area (TPSA) is 55.9 Å². The van der Waals surface area contributed by atoms with Crippen LogP contribution in [0.2, 0.25) is 0 Å². The second-order valence-corrected chi connectivity index (χ2v) is 4.65. The minimum Gasteiger partial charge on any atom is -0.339 e. The first-order chi connectivity index (χ1) is 8.56. The molecule has 1 heterocycles. The first kappa shape index (κ1) is 14.8. The highest BCUT2D eigenvalue weighted by Crippen LogP contribution is 2.05. The van der Waals surface area contributed by atoms with Crippen molar-refractivity contribution in [1.82, 2.24) is 20.0 Å². The lowest BCUT2D eigenvalue weighted by molar-refractivity contribution is -0.132. The van der Waals surface area contributed by atoms with Crippen LogP contribution in [-0.4, -0.2) is 80.0 Å². The highest BCUT2D eigenvalue weighted by molar-refractivity contribution is 5.77. The fraction of sp³-hybridized carbons (Fsp3) is 0.833. The highest BCUT2D eigenvalue weighted by Gasteiger charge is 2.24. The van der Waals surface area contributed by atoms with E-state index in [0.717, 1.165) is 13.1 Å². The Balaban J connectivity index is 2.30. The summed E-state index contributed by atoms with van der Waals surface area (Å²) in [7, 11) is 3.49. The van der Waals surface area contributed by atoms with Gasteiger partial charge in [-0.2, -0.15) is 0 Å². The number of hydrogen-bond donors (Lipinski definition) is 1. The average Bonchev–Trinajstić information content (AvgIpc) is 2.38. The zero-order valence-corrected chi connectivity index (χ0v) is 11.6. The van der Waals surface area contributed by atoms with E-state index in [2.05, 4.69) is 5.32 Å². The fourth-order valence-corrected chi connectivity index (χ4v) is 1.96. The standard InChI is InChI=1S/C12H24N4O2/c1-4-13-6-5-11(17)15-7-9-16(10-8-15)12(18)14(2)3/h13H,4-10H2,1-3H3. The smallest absolute Gasteiger partial charge is 0.319 e. The van der Waals surface area contributed by atoms with Crippen LogP contribution < -0.4 is 5.32 Å². The predicted octanol–water partition coefficient (Wildman–Crippen LogP) is -0.188. The zero-order chi connectivity index (χ0) is 13.5. The van der Waals surface area contributed by atoms with Crippen LogP contribution >= 0.6 is 0 Å². The average molecular weight is 256 g/mol. The van der Waals surface area contributed by atoms with Crippen LogP contribution in [0.5, 0.6) is 0 Å². The second-order valence-electron chi connectivity index (χ2n) is 4.65. The molecule has 1 aliphatic heterocycles. The minimum absolute atomic E-state index is 0.0229. The number of nitrogens with one attached hydrogen (secondary N) is 1. The van der Waals surface area contributed by atoms with Gasteiger partial charge in [0.05, 0.1) is 0 Å². The zero-order valence-electron chi connectivity index (χ0n) is 11.6. The molecule has 104 valence electrons. The van der Waals surface area contributed by atoms with E-state index in [9.17, 15) is 9.59 Å². The SMILES string of the molecule is CCNCCC(=O)N1CCN(C(=O)N(C)C)CC1. The normalized spacial score (nSPS) is 15.7. The molecule has 0 spiro atoms. The summed E-state index contributed by atoms with van der Waals surface area (Å²) < 4.78 is 0. The van der Waals surface area contributed by atoms with E-state index in [1.165, 1.54) is 0 Å². The van der Waals surface area contributed by atoms with E-state index in [1.807, 2.05) is 11.8 Å². The molecule has 6 nitrogen and oxygen atoms in total. The molecular formula is C12H24N4O2. The summed E-state index contributed by atoms with van der Waals surface area (Å²) in [5.74, 6) is 0.174. The van der Waals surface area contributed by atoms with Crippen molar-refractivity contribution in [1.29, 1.82) is 0 Å². The highest BCUT2D eigenvalue weighted by atomic mass is 16.2. The molecule has 1 rings (SSSR count). The molecule has 0 aromatic heterocycles. The van der Waals surface area contributed by atoms with Gasteiger partial charge in [0.2, 0.25) is 5.91 Å². The van der Waals surface area contributed by atoms with Crippen molar-refractivity contribution in [2.24, 2.45) is 0 Å². The van der Waals surface area contributed by atoms with Crippen LogP contribution in [0.25, 0.3) is 0 Å². The third-order valence-electron chi connectivity index (χ3n) is 3.05. The summed E-state index contributed by atoms with van der Waals surface area (Å²) in [4.78, 5) is 28.8. The van der Waals surface area contributed by atoms with Gasteiger partial charge in [-0.25, -0.2) is 4.79 Å². The Morgan fingerprint density at radius 3 is 2.17 bits per heavy atom. The van der Waals surface area contributed by atoms with Crippen molar-refractivity contribution in [3.63, 3.8) is 0 Å². The largest absolute Gasteiger partial charge is 0.339 e. The third-order valence-corrected chi connectivity index (χ3v) is 3.05. The molecule has 0 saturated carbocycles. The molecule has 1 saturated heterocycles. The minimum atomic E-state index is 0.0229. The quantitative estimate of drug-likeness (QED) is 0.710. The number of nitrogens with zero attached hydrogens (tertiary/aromatic N) is 3. The summed E-state index contributed by atoms with van der Waals surface area (Å²) >= 11 is 0. The maximum absolute atomic E-state index is 11.9. The van der Waals surface area contributed by atoms with Gasteiger partial charge in [-0.1, -0.05) is 6.92 Å². The summed E-state index contributed by atoms with van der Waals surface area (Å²) in [6.45, 7) is 6.18. The Hall–Kier alpha value is -1.30. The van der Waals surface area contributed by atoms with Crippen LogP contribution in [0.15, 0.2) is 0 Å². The van der Waals surface area contributed by atoms with Crippen LogP contribution in [0, 0.1) is 0 Å². The van der Waals surface area contributed by atoms with E-state index >= 15 is 0 Å². The van der Waals surface area contributed by atoms with Gasteiger partial charge in [0.25, 0.3) is 0 Å². The number of hydrogen-bond acceptors (Lipinski definition) is 3. The van der Waals surface area contributed by atoms with E-state index < -0.39 is 0 Å². The molecule has 1 aliphatic rings. The van der Waals surface area contributed by atoms with Crippen LogP contribution in [-0.2, 0) is 4.79 Å². The van der Waals surface area contributed by atoms with E-state index in [1.54, 1.807) is 23.9 Å². The number of amides is 3. The van der Waals surface area contributed by atoms with E-state index in [0.29, 0.717) is 32.6 Å². The van der Waals surface area contributed by atoms with Crippen molar-refractivity contribution in [3.8, 4) is 0 Å².